The first kappa shape index (κ1) is 19.4. The Hall–Kier alpha value is -2.33. The van der Waals surface area contributed by atoms with E-state index in [1.807, 2.05) is 0 Å². The molecular weight excluding hydrogens is 375 g/mol. The van der Waals surface area contributed by atoms with Crippen LogP contribution in [-0.2, 0) is 27.8 Å². The molecule has 1 aromatic heterocycles. The highest BCUT2D eigenvalue weighted by Crippen LogP contribution is 2.32. The standard InChI is InChI=1S/C17H21FN4O4S/c1-27(24,25)22-10-2-3-14(22)17-20-16(26-21-17)9-8-15(23)19-11-12-4-6-13(18)7-5-12/h4-7,14H,2-3,8-11H2,1H3,(H,19,23). The van der Waals surface area contributed by atoms with Gasteiger partial charge in [0.15, 0.2) is 5.82 Å². The smallest absolute Gasteiger partial charge is 0.227 e. The number of hydrogen-bond donors (Lipinski definition) is 1. The van der Waals surface area contributed by atoms with Crippen molar-refractivity contribution >= 4 is 15.9 Å². The number of benzene rings is 1. The van der Waals surface area contributed by atoms with Gasteiger partial charge in [-0.25, -0.2) is 12.8 Å². The van der Waals surface area contributed by atoms with E-state index in [9.17, 15) is 17.6 Å². The van der Waals surface area contributed by atoms with Crippen LogP contribution in [0.3, 0.4) is 0 Å². The Kier molecular flexibility index (Phi) is 5.85. The number of aryl methyl sites for hydroxylation is 1. The highest BCUT2D eigenvalue weighted by molar-refractivity contribution is 7.88. The minimum absolute atomic E-state index is 0.156. The third-order valence-electron chi connectivity index (χ3n) is 4.38. The van der Waals surface area contributed by atoms with Crippen LogP contribution in [0.25, 0.3) is 0 Å². The predicted octanol–water partition coefficient (Wildman–Crippen LogP) is 1.55. The van der Waals surface area contributed by atoms with E-state index in [2.05, 4.69) is 15.5 Å². The van der Waals surface area contributed by atoms with Gasteiger partial charge in [-0.1, -0.05) is 17.3 Å². The lowest BCUT2D eigenvalue weighted by Gasteiger charge is -2.18. The molecule has 10 heteroatoms. The van der Waals surface area contributed by atoms with Gasteiger partial charge in [-0.3, -0.25) is 4.79 Å². The molecule has 1 aromatic carbocycles. The molecule has 0 spiro atoms. The first-order valence-corrected chi connectivity index (χ1v) is 10.5. The molecule has 0 bridgehead atoms. The van der Waals surface area contributed by atoms with Gasteiger partial charge in [0.1, 0.15) is 5.82 Å². The maximum absolute atomic E-state index is 12.9. The van der Waals surface area contributed by atoms with E-state index in [0.717, 1.165) is 18.2 Å². The highest BCUT2D eigenvalue weighted by Gasteiger charge is 2.35. The monoisotopic (exact) mass is 396 g/mol. The number of carbonyl (C=O) groups excluding carboxylic acids is 1. The zero-order valence-corrected chi connectivity index (χ0v) is 15.7. The molecule has 3 rings (SSSR count). The molecule has 1 atom stereocenters. The van der Waals surface area contributed by atoms with E-state index in [-0.39, 0.29) is 24.6 Å². The normalized spacial score (nSPS) is 17.9. The molecule has 1 N–H and O–H groups in total. The Morgan fingerprint density at radius 3 is 2.81 bits per heavy atom. The fraction of sp³-hybridized carbons (Fsp3) is 0.471. The minimum atomic E-state index is -3.33. The van der Waals surface area contributed by atoms with Gasteiger partial charge in [0.25, 0.3) is 0 Å². The van der Waals surface area contributed by atoms with Crippen molar-refractivity contribution < 1.29 is 22.1 Å². The number of sulfonamides is 1. The summed E-state index contributed by atoms with van der Waals surface area (Å²) in [4.78, 5) is 16.2. The van der Waals surface area contributed by atoms with E-state index in [1.54, 1.807) is 12.1 Å². The quantitative estimate of drug-likeness (QED) is 0.761. The van der Waals surface area contributed by atoms with Crippen LogP contribution in [0.4, 0.5) is 4.39 Å². The second-order valence-electron chi connectivity index (χ2n) is 6.48. The van der Waals surface area contributed by atoms with Crippen LogP contribution in [0.1, 0.15) is 42.6 Å². The van der Waals surface area contributed by atoms with E-state index >= 15 is 0 Å². The summed E-state index contributed by atoms with van der Waals surface area (Å²) in [5.41, 5.74) is 0.798. The predicted molar refractivity (Wildman–Crippen MR) is 94.4 cm³/mol. The number of aromatic nitrogens is 2. The molecule has 1 amide bonds. The van der Waals surface area contributed by atoms with Crippen LogP contribution in [0.2, 0.25) is 0 Å². The van der Waals surface area contributed by atoms with Crippen LogP contribution < -0.4 is 5.32 Å². The largest absolute Gasteiger partial charge is 0.352 e. The molecule has 1 saturated heterocycles. The lowest BCUT2D eigenvalue weighted by molar-refractivity contribution is -0.121. The Bertz CT molecular complexity index is 898. The molecule has 0 aliphatic carbocycles. The fourth-order valence-corrected chi connectivity index (χ4v) is 4.13. The lowest BCUT2D eigenvalue weighted by atomic mass is 10.2. The van der Waals surface area contributed by atoms with Crippen LogP contribution in [0.15, 0.2) is 28.8 Å². The van der Waals surface area contributed by atoms with E-state index in [1.165, 1.54) is 16.4 Å². The zero-order chi connectivity index (χ0) is 19.4. The SMILES string of the molecule is CS(=O)(=O)N1CCCC1c1noc(CCC(=O)NCc2ccc(F)cc2)n1. The van der Waals surface area contributed by atoms with E-state index in [4.69, 9.17) is 4.52 Å². The maximum Gasteiger partial charge on any atom is 0.227 e. The van der Waals surface area contributed by atoms with Crippen molar-refractivity contribution in [1.29, 1.82) is 0 Å². The Balaban J connectivity index is 1.50. The molecule has 0 saturated carbocycles. The summed E-state index contributed by atoms with van der Waals surface area (Å²) >= 11 is 0. The number of rotatable bonds is 7. The first-order valence-electron chi connectivity index (χ1n) is 8.63. The van der Waals surface area contributed by atoms with Crippen LogP contribution in [-0.4, -0.2) is 41.6 Å². The third-order valence-corrected chi connectivity index (χ3v) is 5.67. The van der Waals surface area contributed by atoms with Crippen LogP contribution in [0.5, 0.6) is 0 Å². The fourth-order valence-electron chi connectivity index (χ4n) is 3.01. The van der Waals surface area contributed by atoms with Gasteiger partial charge >= 0.3 is 0 Å². The summed E-state index contributed by atoms with van der Waals surface area (Å²) in [6.07, 6.45) is 2.96. The van der Waals surface area contributed by atoms with Crippen molar-refractivity contribution in [2.24, 2.45) is 0 Å². The number of nitrogens with one attached hydrogen (secondary N) is 1. The summed E-state index contributed by atoms with van der Waals surface area (Å²) < 4.78 is 43.0. The summed E-state index contributed by atoms with van der Waals surface area (Å²) in [6, 6.07) is 5.48. The first-order chi connectivity index (χ1) is 12.8. The number of halogens is 1. The van der Waals surface area contributed by atoms with Crippen molar-refractivity contribution in [3.8, 4) is 0 Å². The highest BCUT2D eigenvalue weighted by atomic mass is 32.2. The van der Waals surface area contributed by atoms with Crippen molar-refractivity contribution in [1.82, 2.24) is 19.8 Å². The number of hydrogen-bond acceptors (Lipinski definition) is 6. The van der Waals surface area contributed by atoms with Gasteiger partial charge in [0, 0.05) is 25.9 Å². The second-order valence-corrected chi connectivity index (χ2v) is 8.42. The van der Waals surface area contributed by atoms with Gasteiger partial charge in [0.2, 0.25) is 21.8 Å². The summed E-state index contributed by atoms with van der Waals surface area (Å²) in [7, 11) is -3.33. The molecule has 2 aromatic rings. The van der Waals surface area contributed by atoms with Gasteiger partial charge in [-0.15, -0.1) is 0 Å². The topological polar surface area (TPSA) is 105 Å². The molecular formula is C17H21FN4O4S. The lowest BCUT2D eigenvalue weighted by Crippen LogP contribution is -2.30. The van der Waals surface area contributed by atoms with Gasteiger partial charge in [-0.2, -0.15) is 9.29 Å². The molecule has 2 heterocycles. The number of amides is 1. The van der Waals surface area contributed by atoms with Crippen molar-refractivity contribution in [3.63, 3.8) is 0 Å². The van der Waals surface area contributed by atoms with Crippen molar-refractivity contribution in [3.05, 3.63) is 47.4 Å². The Morgan fingerprint density at radius 2 is 2.11 bits per heavy atom. The van der Waals surface area contributed by atoms with E-state index < -0.39 is 16.1 Å². The van der Waals surface area contributed by atoms with Gasteiger partial charge in [0.05, 0.1) is 12.3 Å². The van der Waals surface area contributed by atoms with Crippen LogP contribution >= 0.6 is 0 Å². The summed E-state index contributed by atoms with van der Waals surface area (Å²) in [5, 5.41) is 6.62. The second kappa shape index (κ2) is 8.13. The van der Waals surface area contributed by atoms with Gasteiger partial charge in [-0.05, 0) is 30.5 Å². The summed E-state index contributed by atoms with van der Waals surface area (Å²) in [5.74, 6) is 0.105. The Labute approximate surface area is 156 Å². The minimum Gasteiger partial charge on any atom is -0.352 e. The molecule has 1 aliphatic rings. The van der Waals surface area contributed by atoms with Gasteiger partial charge < -0.3 is 9.84 Å². The van der Waals surface area contributed by atoms with Crippen molar-refractivity contribution in [2.75, 3.05) is 12.8 Å². The molecule has 27 heavy (non-hydrogen) atoms. The molecule has 1 unspecified atom stereocenters. The number of nitrogens with zero attached hydrogens (tertiary/aromatic N) is 3. The molecule has 1 fully saturated rings. The average Bonchev–Trinajstić information content (AvgIpc) is 3.28. The third kappa shape index (κ3) is 5.10. The van der Waals surface area contributed by atoms with E-state index in [0.29, 0.717) is 31.2 Å². The maximum atomic E-state index is 12.9. The molecule has 0 radical (unpaired) electrons. The number of carbonyl (C=O) groups is 1. The molecule has 8 nitrogen and oxygen atoms in total. The molecule has 146 valence electrons. The van der Waals surface area contributed by atoms with Crippen molar-refractivity contribution in [2.45, 2.75) is 38.3 Å². The molecule has 1 aliphatic heterocycles. The summed E-state index contributed by atoms with van der Waals surface area (Å²) in [6.45, 7) is 0.749. The Morgan fingerprint density at radius 1 is 1.37 bits per heavy atom. The average molecular weight is 396 g/mol. The zero-order valence-electron chi connectivity index (χ0n) is 14.9. The van der Waals surface area contributed by atoms with Crippen LogP contribution in [0, 0.1) is 5.82 Å².